The molecular formula is C18H17Cl2N3O. The summed E-state index contributed by atoms with van der Waals surface area (Å²) in [7, 11) is 2.01. The van der Waals surface area contributed by atoms with Gasteiger partial charge in [0, 0.05) is 11.1 Å². The molecule has 3 rings (SSSR count). The number of benzene rings is 2. The summed E-state index contributed by atoms with van der Waals surface area (Å²) in [5.74, 6) is 0.983. The molecule has 0 bridgehead atoms. The first-order valence-electron chi connectivity index (χ1n) is 7.57. The van der Waals surface area contributed by atoms with Crippen molar-refractivity contribution in [3.8, 4) is 11.5 Å². The molecule has 1 atom stereocenters. The van der Waals surface area contributed by atoms with Crippen LogP contribution in [0.15, 0.2) is 52.9 Å². The van der Waals surface area contributed by atoms with Gasteiger partial charge >= 0.3 is 0 Å². The normalized spacial score (nSPS) is 12.5. The highest BCUT2D eigenvalue weighted by molar-refractivity contribution is 6.33. The molecule has 24 heavy (non-hydrogen) atoms. The summed E-state index contributed by atoms with van der Waals surface area (Å²) in [6.07, 6.45) is 0. The third kappa shape index (κ3) is 3.78. The molecule has 0 aliphatic rings. The van der Waals surface area contributed by atoms with E-state index in [0.29, 0.717) is 23.3 Å². The van der Waals surface area contributed by atoms with Crippen LogP contribution in [0, 0.1) is 0 Å². The molecule has 0 saturated carbocycles. The van der Waals surface area contributed by atoms with Crippen LogP contribution < -0.4 is 0 Å². The fourth-order valence-corrected chi connectivity index (χ4v) is 2.75. The van der Waals surface area contributed by atoms with Crippen molar-refractivity contribution in [3.63, 3.8) is 0 Å². The summed E-state index contributed by atoms with van der Waals surface area (Å²) in [5.41, 5.74) is 1.92. The number of rotatable bonds is 5. The van der Waals surface area contributed by atoms with E-state index in [1.165, 1.54) is 5.56 Å². The summed E-state index contributed by atoms with van der Waals surface area (Å²) in [5, 5.41) is 9.55. The molecule has 124 valence electrons. The number of aromatic nitrogens is 2. The van der Waals surface area contributed by atoms with E-state index in [2.05, 4.69) is 22.0 Å². The van der Waals surface area contributed by atoms with E-state index in [1.54, 1.807) is 6.07 Å². The molecule has 1 unspecified atom stereocenters. The van der Waals surface area contributed by atoms with E-state index in [0.717, 1.165) is 10.6 Å². The molecule has 0 radical (unpaired) electrons. The highest BCUT2D eigenvalue weighted by Crippen LogP contribution is 2.27. The number of nitrogens with zero attached hydrogens (tertiary/aromatic N) is 3. The lowest BCUT2D eigenvalue weighted by Crippen LogP contribution is -2.22. The van der Waals surface area contributed by atoms with Crippen molar-refractivity contribution < 1.29 is 4.42 Å². The van der Waals surface area contributed by atoms with E-state index in [9.17, 15) is 0 Å². The Morgan fingerprint density at radius 2 is 1.75 bits per heavy atom. The quantitative estimate of drug-likeness (QED) is 0.623. The van der Waals surface area contributed by atoms with Gasteiger partial charge in [-0.2, -0.15) is 0 Å². The van der Waals surface area contributed by atoms with Crippen molar-refractivity contribution in [2.45, 2.75) is 19.5 Å². The van der Waals surface area contributed by atoms with Crippen LogP contribution in [-0.4, -0.2) is 22.1 Å². The van der Waals surface area contributed by atoms with E-state index in [4.69, 9.17) is 27.6 Å². The van der Waals surface area contributed by atoms with Gasteiger partial charge in [-0.3, -0.25) is 4.90 Å². The average Bonchev–Trinajstić information content (AvgIpc) is 3.03. The molecule has 0 amide bonds. The van der Waals surface area contributed by atoms with Crippen LogP contribution in [0.2, 0.25) is 10.0 Å². The first kappa shape index (κ1) is 17.0. The van der Waals surface area contributed by atoms with E-state index in [1.807, 2.05) is 49.5 Å². The van der Waals surface area contributed by atoms with Crippen molar-refractivity contribution >= 4 is 23.2 Å². The van der Waals surface area contributed by atoms with Gasteiger partial charge in [-0.05, 0) is 43.8 Å². The second-order valence-corrected chi connectivity index (χ2v) is 6.47. The van der Waals surface area contributed by atoms with Crippen LogP contribution in [0.3, 0.4) is 0 Å². The first-order chi connectivity index (χ1) is 11.5. The second kappa shape index (κ2) is 7.34. The predicted molar refractivity (Wildman–Crippen MR) is 96.1 cm³/mol. The summed E-state index contributed by atoms with van der Waals surface area (Å²) < 4.78 is 5.76. The van der Waals surface area contributed by atoms with Crippen LogP contribution >= 0.6 is 23.2 Å². The molecule has 6 heteroatoms. The van der Waals surface area contributed by atoms with Crippen molar-refractivity contribution in [1.82, 2.24) is 15.1 Å². The molecule has 1 aromatic heterocycles. The van der Waals surface area contributed by atoms with Gasteiger partial charge in [-0.25, -0.2) is 0 Å². The van der Waals surface area contributed by atoms with Crippen molar-refractivity contribution in [2.75, 3.05) is 7.05 Å². The van der Waals surface area contributed by atoms with Crippen molar-refractivity contribution in [3.05, 3.63) is 70.0 Å². The van der Waals surface area contributed by atoms with Gasteiger partial charge in [-0.15, -0.1) is 10.2 Å². The Kier molecular flexibility index (Phi) is 5.19. The summed E-state index contributed by atoms with van der Waals surface area (Å²) >= 11 is 12.1. The molecule has 0 saturated heterocycles. The predicted octanol–water partition coefficient (Wildman–Crippen LogP) is 5.24. The Morgan fingerprint density at radius 1 is 1.04 bits per heavy atom. The van der Waals surface area contributed by atoms with Gasteiger partial charge in [0.2, 0.25) is 11.8 Å². The lowest BCUT2D eigenvalue weighted by atomic mass is 10.1. The van der Waals surface area contributed by atoms with E-state index < -0.39 is 0 Å². The molecule has 4 nitrogen and oxygen atoms in total. The van der Waals surface area contributed by atoms with Gasteiger partial charge in [0.15, 0.2) is 0 Å². The monoisotopic (exact) mass is 361 g/mol. The first-order valence-corrected chi connectivity index (χ1v) is 8.33. The van der Waals surface area contributed by atoms with Crippen molar-refractivity contribution in [1.29, 1.82) is 0 Å². The van der Waals surface area contributed by atoms with E-state index in [-0.39, 0.29) is 6.04 Å². The van der Waals surface area contributed by atoms with Crippen molar-refractivity contribution in [2.24, 2.45) is 0 Å². The topological polar surface area (TPSA) is 42.2 Å². The Balaban J connectivity index is 1.72. The average molecular weight is 362 g/mol. The molecule has 0 aliphatic carbocycles. The zero-order valence-corrected chi connectivity index (χ0v) is 14.9. The molecule has 2 aromatic carbocycles. The highest BCUT2D eigenvalue weighted by Gasteiger charge is 2.17. The van der Waals surface area contributed by atoms with Gasteiger partial charge in [0.25, 0.3) is 0 Å². The fraction of sp³-hybridized carbons (Fsp3) is 0.222. The third-order valence-corrected chi connectivity index (χ3v) is 4.55. The molecule has 3 aromatic rings. The Bertz CT molecular complexity index is 817. The molecule has 0 fully saturated rings. The standard InChI is InChI=1S/C18H17Cl2N3O/c1-12(13-7-9-14(19)10-8-13)23(2)11-17-21-22-18(24-17)15-5-3-4-6-16(15)20/h3-10,12H,11H2,1-2H3. The van der Waals surface area contributed by atoms with Crippen LogP contribution in [0.4, 0.5) is 0 Å². The third-order valence-electron chi connectivity index (χ3n) is 3.97. The summed E-state index contributed by atoms with van der Waals surface area (Å²) in [6, 6.07) is 15.4. The molecule has 1 heterocycles. The smallest absolute Gasteiger partial charge is 0.249 e. The Labute approximate surface area is 151 Å². The number of halogens is 2. The Morgan fingerprint density at radius 3 is 2.46 bits per heavy atom. The highest BCUT2D eigenvalue weighted by atomic mass is 35.5. The fourth-order valence-electron chi connectivity index (χ4n) is 2.41. The lowest BCUT2D eigenvalue weighted by molar-refractivity contribution is 0.228. The van der Waals surface area contributed by atoms with Crippen LogP contribution in [0.5, 0.6) is 0 Å². The minimum atomic E-state index is 0.193. The van der Waals surface area contributed by atoms with Gasteiger partial charge in [0.05, 0.1) is 17.1 Å². The van der Waals surface area contributed by atoms with E-state index >= 15 is 0 Å². The number of hydrogen-bond acceptors (Lipinski definition) is 4. The van der Waals surface area contributed by atoms with Crippen LogP contribution in [0.1, 0.15) is 24.4 Å². The molecular weight excluding hydrogens is 345 g/mol. The SMILES string of the molecule is CC(c1ccc(Cl)cc1)N(C)Cc1nnc(-c2ccccc2Cl)o1. The second-order valence-electron chi connectivity index (χ2n) is 5.62. The zero-order valence-electron chi connectivity index (χ0n) is 13.4. The summed E-state index contributed by atoms with van der Waals surface area (Å²) in [4.78, 5) is 2.13. The molecule has 0 aliphatic heterocycles. The lowest BCUT2D eigenvalue weighted by Gasteiger charge is -2.23. The minimum absolute atomic E-state index is 0.193. The van der Waals surface area contributed by atoms with Gasteiger partial charge < -0.3 is 4.42 Å². The van der Waals surface area contributed by atoms with Crippen LogP contribution in [-0.2, 0) is 6.54 Å². The summed E-state index contributed by atoms with van der Waals surface area (Å²) in [6.45, 7) is 2.66. The maximum atomic E-state index is 6.17. The molecule has 0 spiro atoms. The Hall–Kier alpha value is -1.88. The van der Waals surface area contributed by atoms with Crippen LogP contribution in [0.25, 0.3) is 11.5 Å². The maximum Gasteiger partial charge on any atom is 0.249 e. The maximum absolute atomic E-state index is 6.17. The van der Waals surface area contributed by atoms with Gasteiger partial charge in [-0.1, -0.05) is 47.5 Å². The number of hydrogen-bond donors (Lipinski definition) is 0. The minimum Gasteiger partial charge on any atom is -0.419 e. The van der Waals surface area contributed by atoms with Gasteiger partial charge in [0.1, 0.15) is 0 Å². The molecule has 0 N–H and O–H groups in total. The zero-order chi connectivity index (χ0) is 17.1. The largest absolute Gasteiger partial charge is 0.419 e.